The summed E-state index contributed by atoms with van der Waals surface area (Å²) in [5.41, 5.74) is 3.62. The number of rotatable bonds is 4. The van der Waals surface area contributed by atoms with Crippen LogP contribution in [0.2, 0.25) is 0 Å². The number of aromatic nitrogens is 1. The minimum Gasteiger partial charge on any atom is -0.361 e. The smallest absolute Gasteiger partial charge is 0.230 e. The van der Waals surface area contributed by atoms with Crippen LogP contribution < -0.4 is 0 Å². The summed E-state index contributed by atoms with van der Waals surface area (Å²) in [5, 5.41) is 1.23. The number of H-pyrrole nitrogens is 1. The van der Waals surface area contributed by atoms with Crippen molar-refractivity contribution in [3.05, 3.63) is 42.1 Å². The van der Waals surface area contributed by atoms with E-state index in [1.165, 1.54) is 16.5 Å². The maximum Gasteiger partial charge on any atom is 0.230 e. The second-order valence-electron chi connectivity index (χ2n) is 6.25. The predicted octanol–water partition coefficient (Wildman–Crippen LogP) is 2.98. The van der Waals surface area contributed by atoms with Gasteiger partial charge in [0.1, 0.15) is 0 Å². The Bertz CT molecular complexity index is 727. The molecule has 1 atom stereocenters. The molecule has 23 heavy (non-hydrogen) atoms. The lowest BCUT2D eigenvalue weighted by Crippen LogP contribution is -2.42. The first kappa shape index (κ1) is 15.8. The van der Waals surface area contributed by atoms with Crippen molar-refractivity contribution in [3.63, 3.8) is 0 Å². The lowest BCUT2D eigenvalue weighted by molar-refractivity contribution is -0.134. The Balaban J connectivity index is 1.98. The Morgan fingerprint density at radius 1 is 1.30 bits per heavy atom. The van der Waals surface area contributed by atoms with Gasteiger partial charge in [0.2, 0.25) is 5.91 Å². The second-order valence-corrected chi connectivity index (χ2v) is 6.25. The Morgan fingerprint density at radius 2 is 2.09 bits per heavy atom. The fourth-order valence-corrected chi connectivity index (χ4v) is 3.50. The Morgan fingerprint density at radius 3 is 2.83 bits per heavy atom. The number of aromatic amines is 1. The number of nitrogens with one attached hydrogen (secondary N) is 1. The molecular weight excluding hydrogens is 286 g/mol. The lowest BCUT2D eigenvalue weighted by atomic mass is 9.92. The monoisotopic (exact) mass is 311 g/mol. The van der Waals surface area contributed by atoms with Crippen LogP contribution in [0.3, 0.4) is 0 Å². The molecule has 0 aliphatic carbocycles. The zero-order valence-electron chi connectivity index (χ0n) is 14.2. The van der Waals surface area contributed by atoms with E-state index in [1.807, 2.05) is 24.9 Å². The fourth-order valence-electron chi connectivity index (χ4n) is 3.50. The van der Waals surface area contributed by atoms with Crippen LogP contribution in [-0.2, 0) is 4.79 Å². The highest BCUT2D eigenvalue weighted by Crippen LogP contribution is 2.29. The molecule has 0 saturated heterocycles. The molecule has 0 radical (unpaired) electrons. The van der Waals surface area contributed by atoms with E-state index in [9.17, 15) is 4.79 Å². The van der Waals surface area contributed by atoms with Crippen LogP contribution in [0.5, 0.6) is 0 Å². The van der Waals surface area contributed by atoms with Gasteiger partial charge < -0.3 is 14.8 Å². The first-order chi connectivity index (χ1) is 11.1. The molecule has 1 amide bonds. The van der Waals surface area contributed by atoms with Gasteiger partial charge in [-0.3, -0.25) is 4.79 Å². The quantitative estimate of drug-likeness (QED) is 0.943. The summed E-state index contributed by atoms with van der Waals surface area (Å²) < 4.78 is 0. The summed E-state index contributed by atoms with van der Waals surface area (Å²) in [5.74, 6) is 0.179. The van der Waals surface area contributed by atoms with Crippen LogP contribution in [0.15, 0.2) is 36.5 Å². The van der Waals surface area contributed by atoms with Crippen LogP contribution in [-0.4, -0.2) is 53.9 Å². The van der Waals surface area contributed by atoms with Crippen molar-refractivity contribution in [3.8, 4) is 0 Å². The normalized spacial score (nSPS) is 18.9. The molecule has 0 spiro atoms. The van der Waals surface area contributed by atoms with Crippen LogP contribution >= 0.6 is 0 Å². The first-order valence-electron chi connectivity index (χ1n) is 8.38. The van der Waals surface area contributed by atoms with E-state index in [4.69, 9.17) is 0 Å². The van der Waals surface area contributed by atoms with Crippen LogP contribution in [0, 0.1) is 5.92 Å². The summed E-state index contributed by atoms with van der Waals surface area (Å²) in [7, 11) is 2.09. The molecule has 1 aliphatic heterocycles. The summed E-state index contributed by atoms with van der Waals surface area (Å²) in [4.78, 5) is 20.2. The Kier molecular flexibility index (Phi) is 4.53. The topological polar surface area (TPSA) is 39.3 Å². The van der Waals surface area contributed by atoms with Crippen molar-refractivity contribution in [2.45, 2.75) is 13.8 Å². The van der Waals surface area contributed by atoms with Crippen molar-refractivity contribution in [2.24, 2.45) is 5.92 Å². The average molecular weight is 311 g/mol. The van der Waals surface area contributed by atoms with E-state index in [2.05, 4.69) is 47.3 Å². The van der Waals surface area contributed by atoms with E-state index in [1.54, 1.807) is 0 Å². The van der Waals surface area contributed by atoms with Gasteiger partial charge in [-0.25, -0.2) is 0 Å². The van der Waals surface area contributed by atoms with Crippen molar-refractivity contribution in [2.75, 3.05) is 33.2 Å². The fraction of sp³-hybridized carbons (Fsp3) is 0.421. The molecule has 0 bridgehead atoms. The largest absolute Gasteiger partial charge is 0.361 e. The standard InChI is InChI=1S/C19H25N3O/c1-4-22(5-2)19(23)15-11-14(12-21(3)13-15)16-7-6-8-18-17(16)9-10-20-18/h6-11,15,20H,4-5,12-13H2,1-3H3/t15-/m1/s1. The Labute approximate surface area is 137 Å². The van der Waals surface area contributed by atoms with E-state index >= 15 is 0 Å². The highest BCUT2D eigenvalue weighted by molar-refractivity contribution is 5.94. The molecule has 1 aromatic heterocycles. The number of hydrogen-bond donors (Lipinski definition) is 1. The highest BCUT2D eigenvalue weighted by Gasteiger charge is 2.27. The molecule has 0 saturated carbocycles. The van der Waals surface area contributed by atoms with E-state index in [-0.39, 0.29) is 11.8 Å². The third-order valence-electron chi connectivity index (χ3n) is 4.68. The number of benzene rings is 1. The number of carbonyl (C=O) groups excluding carboxylic acids is 1. The zero-order valence-corrected chi connectivity index (χ0v) is 14.2. The van der Waals surface area contributed by atoms with Gasteiger partial charge >= 0.3 is 0 Å². The number of hydrogen-bond acceptors (Lipinski definition) is 2. The van der Waals surface area contributed by atoms with Gasteiger partial charge in [0.05, 0.1) is 5.92 Å². The molecule has 0 unspecified atom stereocenters. The van der Waals surface area contributed by atoms with E-state index < -0.39 is 0 Å². The molecule has 0 fully saturated rings. The average Bonchev–Trinajstić information content (AvgIpc) is 3.03. The molecule has 1 aromatic carbocycles. The third-order valence-corrected chi connectivity index (χ3v) is 4.68. The first-order valence-corrected chi connectivity index (χ1v) is 8.38. The van der Waals surface area contributed by atoms with Crippen molar-refractivity contribution < 1.29 is 4.79 Å². The zero-order chi connectivity index (χ0) is 16.4. The number of likely N-dealkylation sites (N-methyl/N-ethyl adjacent to an activating group) is 1. The van der Waals surface area contributed by atoms with Gasteiger partial charge in [0.15, 0.2) is 0 Å². The molecule has 4 nitrogen and oxygen atoms in total. The molecule has 122 valence electrons. The Hall–Kier alpha value is -2.07. The maximum atomic E-state index is 12.7. The van der Waals surface area contributed by atoms with Gasteiger partial charge in [-0.1, -0.05) is 18.2 Å². The van der Waals surface area contributed by atoms with Crippen LogP contribution in [0.4, 0.5) is 0 Å². The molecule has 3 rings (SSSR count). The van der Waals surface area contributed by atoms with E-state index in [0.717, 1.165) is 31.7 Å². The van der Waals surface area contributed by atoms with E-state index in [0.29, 0.717) is 0 Å². The van der Waals surface area contributed by atoms with Gasteiger partial charge in [-0.05, 0) is 44.2 Å². The van der Waals surface area contributed by atoms with Crippen molar-refractivity contribution in [1.29, 1.82) is 0 Å². The SMILES string of the molecule is CCN(CC)C(=O)[C@@H]1C=C(c2cccc3[nH]ccc23)CN(C)C1. The van der Waals surface area contributed by atoms with Crippen LogP contribution in [0.1, 0.15) is 19.4 Å². The number of fused-ring (bicyclic) bond motifs is 1. The number of carbonyl (C=O) groups is 1. The van der Waals surface area contributed by atoms with Crippen LogP contribution in [0.25, 0.3) is 16.5 Å². The molecule has 1 aliphatic rings. The van der Waals surface area contributed by atoms with Gasteiger partial charge in [0, 0.05) is 43.3 Å². The minimum atomic E-state index is -0.0575. The maximum absolute atomic E-state index is 12.7. The van der Waals surface area contributed by atoms with Crippen molar-refractivity contribution >= 4 is 22.4 Å². The minimum absolute atomic E-state index is 0.0575. The summed E-state index contributed by atoms with van der Waals surface area (Å²) >= 11 is 0. The predicted molar refractivity (Wildman–Crippen MR) is 95.2 cm³/mol. The second kappa shape index (κ2) is 6.59. The molecular formula is C19H25N3O. The van der Waals surface area contributed by atoms with Gasteiger partial charge in [0.25, 0.3) is 0 Å². The molecule has 2 heterocycles. The highest BCUT2D eigenvalue weighted by atomic mass is 16.2. The van der Waals surface area contributed by atoms with Gasteiger partial charge in [-0.2, -0.15) is 0 Å². The third kappa shape index (κ3) is 3.04. The van der Waals surface area contributed by atoms with Gasteiger partial charge in [-0.15, -0.1) is 0 Å². The summed E-state index contributed by atoms with van der Waals surface area (Å²) in [6.45, 7) is 7.30. The molecule has 1 N–H and O–H groups in total. The van der Waals surface area contributed by atoms with Crippen molar-refractivity contribution in [1.82, 2.24) is 14.8 Å². The molecule has 4 heteroatoms. The lowest BCUT2D eigenvalue weighted by Gasteiger charge is -2.32. The number of amides is 1. The molecule has 2 aromatic rings. The summed E-state index contributed by atoms with van der Waals surface area (Å²) in [6.07, 6.45) is 4.15. The number of nitrogens with zero attached hydrogens (tertiary/aromatic N) is 2. The summed E-state index contributed by atoms with van der Waals surface area (Å²) in [6, 6.07) is 8.43.